The zero-order valence-electron chi connectivity index (χ0n) is 11.1. The van der Waals surface area contributed by atoms with Crippen LogP contribution in [0.3, 0.4) is 0 Å². The number of nitrogens with zero attached hydrogens (tertiary/aromatic N) is 1. The Morgan fingerprint density at radius 1 is 1.24 bits per heavy atom. The lowest BCUT2D eigenvalue weighted by Gasteiger charge is -2.13. The number of hydrogen-bond donors (Lipinski definition) is 0. The van der Waals surface area contributed by atoms with Crippen molar-refractivity contribution in [3.8, 4) is 16.9 Å². The van der Waals surface area contributed by atoms with E-state index in [1.54, 1.807) is 25.1 Å². The zero-order valence-corrected chi connectivity index (χ0v) is 11.1. The van der Waals surface area contributed by atoms with Crippen LogP contribution in [0.2, 0.25) is 0 Å². The Labute approximate surface area is 119 Å². The number of carbonyl (C=O) groups is 1. The van der Waals surface area contributed by atoms with Crippen LogP contribution in [0.1, 0.15) is 23.0 Å². The second kappa shape index (κ2) is 5.95. The number of hydrogen-bond acceptors (Lipinski definition) is 3. The molecule has 0 amide bonds. The summed E-state index contributed by atoms with van der Waals surface area (Å²) in [6, 6.07) is 7.10. The van der Waals surface area contributed by atoms with Gasteiger partial charge in [-0.2, -0.15) is 13.2 Å². The maximum Gasteiger partial charge on any atom is 0.433 e. The molecule has 1 aromatic heterocycles. The Morgan fingerprint density at radius 2 is 2.00 bits per heavy atom. The summed E-state index contributed by atoms with van der Waals surface area (Å²) in [5, 5.41) is 0. The predicted molar refractivity (Wildman–Crippen MR) is 71.2 cm³/mol. The summed E-state index contributed by atoms with van der Waals surface area (Å²) in [7, 11) is 0. The van der Waals surface area contributed by atoms with Gasteiger partial charge in [-0.3, -0.25) is 9.78 Å². The summed E-state index contributed by atoms with van der Waals surface area (Å²) in [5.41, 5.74) is 0.364. The first-order valence-corrected chi connectivity index (χ1v) is 6.22. The molecule has 3 nitrogen and oxygen atoms in total. The maximum atomic E-state index is 12.5. The summed E-state index contributed by atoms with van der Waals surface area (Å²) in [4.78, 5) is 14.4. The first-order valence-electron chi connectivity index (χ1n) is 6.22. The Hall–Kier alpha value is -2.37. The fraction of sp³-hybridized carbons (Fsp3) is 0.200. The third-order valence-electron chi connectivity index (χ3n) is 2.83. The van der Waals surface area contributed by atoms with Crippen molar-refractivity contribution in [2.75, 3.05) is 6.61 Å². The molecule has 2 aromatic rings. The van der Waals surface area contributed by atoms with Gasteiger partial charge in [-0.1, -0.05) is 18.2 Å². The second-order valence-electron chi connectivity index (χ2n) is 4.20. The van der Waals surface area contributed by atoms with Crippen molar-refractivity contribution in [3.05, 3.63) is 47.8 Å². The Morgan fingerprint density at radius 3 is 2.52 bits per heavy atom. The van der Waals surface area contributed by atoms with Crippen LogP contribution >= 0.6 is 0 Å². The normalized spacial score (nSPS) is 11.2. The summed E-state index contributed by atoms with van der Waals surface area (Å²) >= 11 is 0. The summed E-state index contributed by atoms with van der Waals surface area (Å²) in [5.74, 6) is 0.344. The molecule has 0 fully saturated rings. The molecule has 0 radical (unpaired) electrons. The number of aromatic nitrogens is 1. The Balaban J connectivity index is 2.49. The molecule has 0 saturated carbocycles. The number of rotatable bonds is 4. The summed E-state index contributed by atoms with van der Waals surface area (Å²) < 4.78 is 43.0. The molecule has 0 aliphatic rings. The topological polar surface area (TPSA) is 39.2 Å². The van der Waals surface area contributed by atoms with E-state index in [0.29, 0.717) is 35.3 Å². The smallest absolute Gasteiger partial charge is 0.433 e. The van der Waals surface area contributed by atoms with Gasteiger partial charge in [-0.05, 0) is 19.1 Å². The standard InChI is InChI=1S/C15H12F3NO2/c1-2-21-14-11(9-20)4-3-5-12(14)10-6-7-13(19-8-10)15(16,17)18/h3-9H,2H2,1H3. The highest BCUT2D eigenvalue weighted by Gasteiger charge is 2.32. The van der Waals surface area contributed by atoms with Gasteiger partial charge < -0.3 is 4.74 Å². The number of para-hydroxylation sites is 1. The minimum absolute atomic E-state index is 0.339. The van der Waals surface area contributed by atoms with Gasteiger partial charge in [0.15, 0.2) is 6.29 Å². The van der Waals surface area contributed by atoms with Crippen LogP contribution in [0.4, 0.5) is 13.2 Å². The van der Waals surface area contributed by atoms with Gasteiger partial charge in [-0.25, -0.2) is 0 Å². The van der Waals surface area contributed by atoms with Crippen molar-refractivity contribution in [2.45, 2.75) is 13.1 Å². The molecule has 21 heavy (non-hydrogen) atoms. The van der Waals surface area contributed by atoms with E-state index >= 15 is 0 Å². The van der Waals surface area contributed by atoms with Gasteiger partial charge >= 0.3 is 6.18 Å². The molecule has 0 aliphatic heterocycles. The number of pyridine rings is 1. The van der Waals surface area contributed by atoms with E-state index in [1.807, 2.05) is 0 Å². The van der Waals surface area contributed by atoms with E-state index in [1.165, 1.54) is 6.07 Å². The molecule has 0 saturated heterocycles. The Kier molecular flexibility index (Phi) is 4.26. The molecule has 0 unspecified atom stereocenters. The highest BCUT2D eigenvalue weighted by Crippen LogP contribution is 2.34. The first-order chi connectivity index (χ1) is 9.97. The van der Waals surface area contributed by atoms with Crippen molar-refractivity contribution in [1.29, 1.82) is 0 Å². The van der Waals surface area contributed by atoms with Crippen molar-refractivity contribution in [2.24, 2.45) is 0 Å². The predicted octanol–water partition coefficient (Wildman–Crippen LogP) is 3.98. The van der Waals surface area contributed by atoms with E-state index in [0.717, 1.165) is 12.3 Å². The number of carbonyl (C=O) groups excluding carboxylic acids is 1. The van der Waals surface area contributed by atoms with Crippen LogP contribution in [0, 0.1) is 0 Å². The van der Waals surface area contributed by atoms with Crippen LogP contribution in [-0.4, -0.2) is 17.9 Å². The molecule has 6 heteroatoms. The number of alkyl halides is 3. The molecule has 0 bridgehead atoms. The second-order valence-corrected chi connectivity index (χ2v) is 4.20. The highest BCUT2D eigenvalue weighted by molar-refractivity contribution is 5.86. The summed E-state index contributed by atoms with van der Waals surface area (Å²) in [6.07, 6.45) is -2.72. The third kappa shape index (κ3) is 3.21. The average Bonchev–Trinajstić information content (AvgIpc) is 2.47. The average molecular weight is 295 g/mol. The van der Waals surface area contributed by atoms with Gasteiger partial charge in [0.2, 0.25) is 0 Å². The van der Waals surface area contributed by atoms with Crippen molar-refractivity contribution in [3.63, 3.8) is 0 Å². The molecule has 1 aromatic carbocycles. The van der Waals surface area contributed by atoms with Crippen molar-refractivity contribution < 1.29 is 22.7 Å². The molecule has 0 N–H and O–H groups in total. The number of aldehydes is 1. The SMILES string of the molecule is CCOc1c(C=O)cccc1-c1ccc(C(F)(F)F)nc1. The highest BCUT2D eigenvalue weighted by atomic mass is 19.4. The van der Waals surface area contributed by atoms with E-state index in [9.17, 15) is 18.0 Å². The lowest BCUT2D eigenvalue weighted by atomic mass is 10.0. The first kappa shape index (κ1) is 15.0. The number of ether oxygens (including phenoxy) is 1. The molecule has 0 atom stereocenters. The molecule has 0 aliphatic carbocycles. The Bertz CT molecular complexity index is 636. The maximum absolute atomic E-state index is 12.5. The lowest BCUT2D eigenvalue weighted by molar-refractivity contribution is -0.141. The van der Waals surface area contributed by atoms with E-state index in [-0.39, 0.29) is 0 Å². The quantitative estimate of drug-likeness (QED) is 0.801. The number of halogens is 3. The molecular weight excluding hydrogens is 283 g/mol. The van der Waals surface area contributed by atoms with Crippen molar-refractivity contribution in [1.82, 2.24) is 4.98 Å². The molecule has 110 valence electrons. The van der Waals surface area contributed by atoms with Gasteiger partial charge in [0.05, 0.1) is 12.2 Å². The fourth-order valence-corrected chi connectivity index (χ4v) is 1.90. The largest absolute Gasteiger partial charge is 0.492 e. The van der Waals surface area contributed by atoms with Gasteiger partial charge in [0.1, 0.15) is 11.4 Å². The molecule has 1 heterocycles. The van der Waals surface area contributed by atoms with Crippen molar-refractivity contribution >= 4 is 6.29 Å². The van der Waals surface area contributed by atoms with E-state index in [2.05, 4.69) is 4.98 Å². The van der Waals surface area contributed by atoms with Crippen LogP contribution in [0.25, 0.3) is 11.1 Å². The monoisotopic (exact) mass is 295 g/mol. The van der Waals surface area contributed by atoms with Gasteiger partial charge in [0.25, 0.3) is 0 Å². The number of benzene rings is 1. The van der Waals surface area contributed by atoms with Gasteiger partial charge in [0, 0.05) is 17.3 Å². The summed E-state index contributed by atoms with van der Waals surface area (Å²) in [6.45, 7) is 2.10. The van der Waals surface area contributed by atoms with E-state index in [4.69, 9.17) is 4.74 Å². The van der Waals surface area contributed by atoms with E-state index < -0.39 is 11.9 Å². The zero-order chi connectivity index (χ0) is 15.5. The van der Waals surface area contributed by atoms with Gasteiger partial charge in [-0.15, -0.1) is 0 Å². The minimum atomic E-state index is -4.48. The molecule has 0 spiro atoms. The molecule has 2 rings (SSSR count). The van der Waals surface area contributed by atoms with Crippen LogP contribution in [-0.2, 0) is 6.18 Å². The lowest BCUT2D eigenvalue weighted by Crippen LogP contribution is -2.07. The third-order valence-corrected chi connectivity index (χ3v) is 2.83. The minimum Gasteiger partial charge on any atom is -0.492 e. The fourth-order valence-electron chi connectivity index (χ4n) is 1.90. The molecular formula is C15H12F3NO2. The van der Waals surface area contributed by atoms with Crippen LogP contribution < -0.4 is 4.74 Å². The van der Waals surface area contributed by atoms with Crippen LogP contribution in [0.15, 0.2) is 36.5 Å². The van der Waals surface area contributed by atoms with Crippen LogP contribution in [0.5, 0.6) is 5.75 Å².